The van der Waals surface area contributed by atoms with E-state index in [1.165, 1.54) is 24.3 Å². The van der Waals surface area contributed by atoms with E-state index >= 15 is 0 Å². The van der Waals surface area contributed by atoms with E-state index in [1.54, 1.807) is 17.0 Å². The van der Waals surface area contributed by atoms with Gasteiger partial charge in [-0.15, -0.1) is 0 Å². The van der Waals surface area contributed by atoms with Gasteiger partial charge in [-0.2, -0.15) is 0 Å². The maximum atomic E-state index is 14.7. The minimum absolute atomic E-state index is 0.00680. The third-order valence-corrected chi connectivity index (χ3v) is 11.5. The second kappa shape index (κ2) is 16.2. The van der Waals surface area contributed by atoms with Crippen molar-refractivity contribution < 1.29 is 18.0 Å². The summed E-state index contributed by atoms with van der Waals surface area (Å²) >= 11 is 9.64. The van der Waals surface area contributed by atoms with Crippen LogP contribution < -0.4 is 9.62 Å². The number of halogens is 2. The molecule has 1 aliphatic rings. The normalized spacial score (nSPS) is 14.2. The molecule has 0 heterocycles. The van der Waals surface area contributed by atoms with Gasteiger partial charge in [-0.1, -0.05) is 95.3 Å². The third-order valence-electron chi connectivity index (χ3n) is 8.92. The summed E-state index contributed by atoms with van der Waals surface area (Å²) < 4.78 is 30.5. The zero-order chi connectivity index (χ0) is 34.3. The molecular weight excluding hydrogens is 710 g/mol. The van der Waals surface area contributed by atoms with Crippen molar-refractivity contribution in [3.63, 3.8) is 0 Å². The van der Waals surface area contributed by atoms with Gasteiger partial charge in [0.1, 0.15) is 12.6 Å². The Balaban J connectivity index is 1.58. The number of sulfonamides is 1. The summed E-state index contributed by atoms with van der Waals surface area (Å²) in [5, 5.41) is 3.64. The topological polar surface area (TPSA) is 86.8 Å². The Labute approximate surface area is 297 Å². The molecule has 0 radical (unpaired) electrons. The van der Waals surface area contributed by atoms with Crippen LogP contribution in [0.1, 0.15) is 54.4 Å². The number of amides is 2. The van der Waals surface area contributed by atoms with E-state index in [9.17, 15) is 18.0 Å². The summed E-state index contributed by atoms with van der Waals surface area (Å²) in [5.41, 5.74) is 3.94. The first kappa shape index (κ1) is 35.6. The zero-order valence-corrected chi connectivity index (χ0v) is 30.4. The van der Waals surface area contributed by atoms with Crippen molar-refractivity contribution in [3.05, 3.63) is 129 Å². The standard InChI is InChI=1S/C38H41BrClN3O4S/c1-27-16-19-34(22-28(27)2)43(48(46,47)35-20-17-32(40)18-21-35)26-37(44)42(25-30-12-9-13-31(39)23-30)36(24-29-10-5-3-6-11-29)38(45)41-33-14-7-4-8-15-33/h3,5-6,9-13,16-23,33,36H,4,7-8,14-15,24-26H2,1-2H3,(H,41,45)/t36-/m1/s1. The summed E-state index contributed by atoms with van der Waals surface area (Å²) in [5.74, 6) is -0.738. The molecule has 1 N–H and O–H groups in total. The summed E-state index contributed by atoms with van der Waals surface area (Å²) in [6.07, 6.45) is 5.29. The Hall–Kier alpha value is -3.66. The zero-order valence-electron chi connectivity index (χ0n) is 27.2. The van der Waals surface area contributed by atoms with Crippen LogP contribution in [0.2, 0.25) is 5.02 Å². The predicted octanol–water partition coefficient (Wildman–Crippen LogP) is 8.00. The van der Waals surface area contributed by atoms with Crippen LogP contribution in [0.25, 0.3) is 0 Å². The van der Waals surface area contributed by atoms with E-state index < -0.39 is 28.5 Å². The molecule has 7 nitrogen and oxygen atoms in total. The summed E-state index contributed by atoms with van der Waals surface area (Å²) in [6, 6.07) is 27.5. The van der Waals surface area contributed by atoms with Gasteiger partial charge in [0.15, 0.2) is 0 Å². The Morgan fingerprint density at radius 1 is 0.854 bits per heavy atom. The van der Waals surface area contributed by atoms with Gasteiger partial charge in [0.25, 0.3) is 10.0 Å². The number of hydrogen-bond donors (Lipinski definition) is 1. The highest BCUT2D eigenvalue weighted by atomic mass is 79.9. The monoisotopic (exact) mass is 749 g/mol. The van der Waals surface area contributed by atoms with Gasteiger partial charge in [0.05, 0.1) is 10.6 Å². The van der Waals surface area contributed by atoms with Gasteiger partial charge in [-0.05, 0) is 97.5 Å². The van der Waals surface area contributed by atoms with Crippen LogP contribution in [-0.2, 0) is 32.6 Å². The molecule has 0 aromatic heterocycles. The minimum atomic E-state index is -4.22. The van der Waals surface area contributed by atoms with Gasteiger partial charge in [-0.25, -0.2) is 8.42 Å². The highest BCUT2D eigenvalue weighted by molar-refractivity contribution is 9.10. The number of anilines is 1. The molecule has 5 rings (SSSR count). The van der Waals surface area contributed by atoms with Crippen molar-refractivity contribution in [2.45, 2.75) is 75.9 Å². The molecular formula is C38H41BrClN3O4S. The molecule has 0 aliphatic heterocycles. The fourth-order valence-electron chi connectivity index (χ4n) is 6.07. The van der Waals surface area contributed by atoms with E-state index in [0.29, 0.717) is 10.7 Å². The number of carbonyl (C=O) groups is 2. The van der Waals surface area contributed by atoms with Crippen molar-refractivity contribution in [1.29, 1.82) is 0 Å². The first-order valence-electron chi connectivity index (χ1n) is 16.2. The first-order chi connectivity index (χ1) is 23.0. The smallest absolute Gasteiger partial charge is 0.264 e. The molecule has 0 spiro atoms. The lowest BCUT2D eigenvalue weighted by Gasteiger charge is -2.35. The number of rotatable bonds is 12. The van der Waals surface area contributed by atoms with Crippen LogP contribution in [0.3, 0.4) is 0 Å². The molecule has 1 fully saturated rings. The molecule has 252 valence electrons. The number of nitrogens with one attached hydrogen (secondary N) is 1. The highest BCUT2D eigenvalue weighted by Crippen LogP contribution is 2.28. The van der Waals surface area contributed by atoms with E-state index in [0.717, 1.165) is 63.1 Å². The lowest BCUT2D eigenvalue weighted by molar-refractivity contribution is -0.140. The number of nitrogens with zero attached hydrogens (tertiary/aromatic N) is 2. The van der Waals surface area contributed by atoms with Gasteiger partial charge in [0.2, 0.25) is 11.8 Å². The lowest BCUT2D eigenvalue weighted by atomic mass is 9.94. The summed E-state index contributed by atoms with van der Waals surface area (Å²) in [7, 11) is -4.22. The Morgan fingerprint density at radius 2 is 1.54 bits per heavy atom. The SMILES string of the molecule is Cc1ccc(N(CC(=O)N(Cc2cccc(Br)c2)[C@H](Cc2ccccc2)C(=O)NC2CCCCC2)S(=O)(=O)c2ccc(Cl)cc2)cc1C. The maximum absolute atomic E-state index is 14.7. The molecule has 0 unspecified atom stereocenters. The lowest BCUT2D eigenvalue weighted by Crippen LogP contribution is -2.55. The Morgan fingerprint density at radius 3 is 2.21 bits per heavy atom. The molecule has 1 aliphatic carbocycles. The molecule has 48 heavy (non-hydrogen) atoms. The number of benzene rings is 4. The van der Waals surface area contributed by atoms with Gasteiger partial charge >= 0.3 is 0 Å². The molecule has 10 heteroatoms. The fraction of sp³-hybridized carbons (Fsp3) is 0.316. The van der Waals surface area contributed by atoms with E-state index in [1.807, 2.05) is 74.5 Å². The first-order valence-corrected chi connectivity index (χ1v) is 18.9. The largest absolute Gasteiger partial charge is 0.352 e. The molecule has 1 saturated carbocycles. The maximum Gasteiger partial charge on any atom is 0.264 e. The van der Waals surface area contributed by atoms with Gasteiger partial charge < -0.3 is 10.2 Å². The van der Waals surface area contributed by atoms with Crippen molar-refractivity contribution in [3.8, 4) is 0 Å². The Kier molecular flexibility index (Phi) is 12.0. The van der Waals surface area contributed by atoms with Crippen LogP contribution in [-0.4, -0.2) is 43.8 Å². The number of aryl methyl sites for hydroxylation is 2. The van der Waals surface area contributed by atoms with Crippen molar-refractivity contribution in [2.75, 3.05) is 10.8 Å². The van der Waals surface area contributed by atoms with Crippen molar-refractivity contribution in [2.24, 2.45) is 0 Å². The minimum Gasteiger partial charge on any atom is -0.352 e. The molecule has 2 amide bonds. The van der Waals surface area contributed by atoms with Crippen LogP contribution in [0.5, 0.6) is 0 Å². The average molecular weight is 751 g/mol. The fourth-order valence-corrected chi connectivity index (χ4v) is 8.05. The summed E-state index contributed by atoms with van der Waals surface area (Å²) in [4.78, 5) is 30.5. The van der Waals surface area contributed by atoms with Crippen molar-refractivity contribution in [1.82, 2.24) is 10.2 Å². The molecule has 4 aromatic carbocycles. The third kappa shape index (κ3) is 9.07. The summed E-state index contributed by atoms with van der Waals surface area (Å²) in [6.45, 7) is 3.44. The number of hydrogen-bond acceptors (Lipinski definition) is 4. The van der Waals surface area contributed by atoms with Crippen LogP contribution in [0.4, 0.5) is 5.69 Å². The quantitative estimate of drug-likeness (QED) is 0.159. The second-order valence-electron chi connectivity index (χ2n) is 12.4. The molecule has 1 atom stereocenters. The van der Waals surface area contributed by atoms with E-state index in [-0.39, 0.29) is 29.8 Å². The highest BCUT2D eigenvalue weighted by Gasteiger charge is 2.35. The van der Waals surface area contributed by atoms with Gasteiger partial charge in [0, 0.05) is 28.5 Å². The predicted molar refractivity (Wildman–Crippen MR) is 196 cm³/mol. The number of carbonyl (C=O) groups excluding carboxylic acids is 2. The van der Waals surface area contributed by atoms with Crippen LogP contribution in [0.15, 0.2) is 106 Å². The second-order valence-corrected chi connectivity index (χ2v) is 15.6. The molecule has 0 bridgehead atoms. The average Bonchev–Trinajstić information content (AvgIpc) is 3.07. The molecule has 0 saturated heterocycles. The van der Waals surface area contributed by atoms with E-state index in [2.05, 4.69) is 21.2 Å². The van der Waals surface area contributed by atoms with Gasteiger partial charge in [-0.3, -0.25) is 13.9 Å². The van der Waals surface area contributed by atoms with Crippen molar-refractivity contribution >= 4 is 55.1 Å². The van der Waals surface area contributed by atoms with Crippen LogP contribution >= 0.6 is 27.5 Å². The van der Waals surface area contributed by atoms with E-state index in [4.69, 9.17) is 11.6 Å². The van der Waals surface area contributed by atoms with Crippen LogP contribution in [0, 0.1) is 13.8 Å². The molecule has 4 aromatic rings. The Bertz CT molecular complexity index is 1830.